The molecule has 1 saturated heterocycles. The Balaban J connectivity index is 1.73. The maximum atomic E-state index is 5.75. The smallest absolute Gasteiger partial charge is 0.214 e. The SMILES string of the molecule is Clc1cccc(OCC[C@@H]2CCCN2)n1. The monoisotopic (exact) mass is 226 g/mol. The lowest BCUT2D eigenvalue weighted by Crippen LogP contribution is -2.23. The molecule has 1 N–H and O–H groups in total. The van der Waals surface area contributed by atoms with Gasteiger partial charge < -0.3 is 10.1 Å². The zero-order valence-electron chi connectivity index (χ0n) is 8.58. The summed E-state index contributed by atoms with van der Waals surface area (Å²) in [6, 6.07) is 6.03. The van der Waals surface area contributed by atoms with E-state index in [1.807, 2.05) is 12.1 Å². The second-order valence-corrected chi connectivity index (χ2v) is 4.12. The fraction of sp³-hybridized carbons (Fsp3) is 0.545. The molecule has 82 valence electrons. The van der Waals surface area contributed by atoms with Crippen molar-refractivity contribution in [3.8, 4) is 5.88 Å². The zero-order chi connectivity index (χ0) is 10.5. The van der Waals surface area contributed by atoms with Crippen LogP contribution in [0.5, 0.6) is 5.88 Å². The van der Waals surface area contributed by atoms with E-state index in [0.29, 0.717) is 23.7 Å². The van der Waals surface area contributed by atoms with E-state index in [2.05, 4.69) is 10.3 Å². The van der Waals surface area contributed by atoms with Crippen LogP contribution in [-0.2, 0) is 0 Å². The van der Waals surface area contributed by atoms with Gasteiger partial charge in [-0.1, -0.05) is 17.7 Å². The Morgan fingerprint density at radius 1 is 1.53 bits per heavy atom. The third-order valence-corrected chi connectivity index (χ3v) is 2.78. The average Bonchev–Trinajstić information content (AvgIpc) is 2.71. The van der Waals surface area contributed by atoms with E-state index in [0.717, 1.165) is 13.0 Å². The molecule has 3 nitrogen and oxygen atoms in total. The van der Waals surface area contributed by atoms with Crippen LogP contribution in [0.15, 0.2) is 18.2 Å². The number of halogens is 1. The molecule has 2 rings (SSSR count). The van der Waals surface area contributed by atoms with Gasteiger partial charge in [0.25, 0.3) is 0 Å². The van der Waals surface area contributed by atoms with Crippen molar-refractivity contribution in [2.75, 3.05) is 13.2 Å². The van der Waals surface area contributed by atoms with Gasteiger partial charge in [0, 0.05) is 12.1 Å². The Bertz CT molecular complexity index is 313. The minimum absolute atomic E-state index is 0.478. The number of ether oxygens (including phenoxy) is 1. The summed E-state index contributed by atoms with van der Waals surface area (Å²) in [5, 5.41) is 3.91. The van der Waals surface area contributed by atoms with Crippen molar-refractivity contribution in [3.05, 3.63) is 23.4 Å². The van der Waals surface area contributed by atoms with Crippen molar-refractivity contribution in [2.45, 2.75) is 25.3 Å². The van der Waals surface area contributed by atoms with Crippen molar-refractivity contribution < 1.29 is 4.74 Å². The molecule has 0 saturated carbocycles. The Labute approximate surface area is 94.8 Å². The standard InChI is InChI=1S/C11H15ClN2O/c12-10-4-1-5-11(14-10)15-8-6-9-3-2-7-13-9/h1,4-5,9,13H,2-3,6-8H2/t9-/m0/s1. The predicted molar refractivity (Wildman–Crippen MR) is 60.4 cm³/mol. The van der Waals surface area contributed by atoms with Crippen LogP contribution in [0.4, 0.5) is 0 Å². The summed E-state index contributed by atoms with van der Waals surface area (Å²) in [6.45, 7) is 1.84. The van der Waals surface area contributed by atoms with Crippen LogP contribution in [0, 0.1) is 0 Å². The number of pyridine rings is 1. The van der Waals surface area contributed by atoms with E-state index in [-0.39, 0.29) is 0 Å². The first kappa shape index (κ1) is 10.7. The second-order valence-electron chi connectivity index (χ2n) is 3.73. The maximum absolute atomic E-state index is 5.75. The molecule has 1 aliphatic rings. The molecule has 0 bridgehead atoms. The molecule has 1 atom stereocenters. The van der Waals surface area contributed by atoms with E-state index < -0.39 is 0 Å². The summed E-state index contributed by atoms with van der Waals surface area (Å²) in [5.41, 5.74) is 0. The number of nitrogens with zero attached hydrogens (tertiary/aromatic N) is 1. The third kappa shape index (κ3) is 3.36. The van der Waals surface area contributed by atoms with Crippen LogP contribution in [0.25, 0.3) is 0 Å². The highest BCUT2D eigenvalue weighted by atomic mass is 35.5. The molecule has 15 heavy (non-hydrogen) atoms. The summed E-state index contributed by atoms with van der Waals surface area (Å²) < 4.78 is 5.51. The first-order valence-electron chi connectivity index (χ1n) is 5.33. The average molecular weight is 227 g/mol. The lowest BCUT2D eigenvalue weighted by atomic mass is 10.2. The lowest BCUT2D eigenvalue weighted by molar-refractivity contribution is 0.282. The van der Waals surface area contributed by atoms with E-state index in [1.54, 1.807) is 6.07 Å². The van der Waals surface area contributed by atoms with Crippen molar-refractivity contribution in [2.24, 2.45) is 0 Å². The fourth-order valence-electron chi connectivity index (χ4n) is 1.78. The number of hydrogen-bond acceptors (Lipinski definition) is 3. The molecule has 0 aromatic carbocycles. The topological polar surface area (TPSA) is 34.1 Å². The van der Waals surface area contributed by atoms with Crippen molar-refractivity contribution >= 4 is 11.6 Å². The van der Waals surface area contributed by atoms with Gasteiger partial charge in [-0.05, 0) is 31.9 Å². The Morgan fingerprint density at radius 3 is 3.20 bits per heavy atom. The van der Waals surface area contributed by atoms with Crippen molar-refractivity contribution in [1.29, 1.82) is 0 Å². The van der Waals surface area contributed by atoms with Gasteiger partial charge in [-0.15, -0.1) is 0 Å². The molecule has 0 aliphatic carbocycles. The zero-order valence-corrected chi connectivity index (χ0v) is 9.33. The maximum Gasteiger partial charge on any atom is 0.214 e. The molecule has 0 radical (unpaired) electrons. The van der Waals surface area contributed by atoms with Gasteiger partial charge in [0.2, 0.25) is 5.88 Å². The first-order valence-corrected chi connectivity index (χ1v) is 5.71. The lowest BCUT2D eigenvalue weighted by Gasteiger charge is -2.10. The van der Waals surface area contributed by atoms with Crippen molar-refractivity contribution in [3.63, 3.8) is 0 Å². The Hall–Kier alpha value is -0.800. The van der Waals surface area contributed by atoms with Crippen molar-refractivity contribution in [1.82, 2.24) is 10.3 Å². The Morgan fingerprint density at radius 2 is 2.47 bits per heavy atom. The number of rotatable bonds is 4. The summed E-state index contributed by atoms with van der Waals surface area (Å²) in [7, 11) is 0. The molecule has 0 amide bonds. The van der Waals surface area contributed by atoms with Gasteiger partial charge in [-0.3, -0.25) is 0 Å². The van der Waals surface area contributed by atoms with E-state index >= 15 is 0 Å². The highest BCUT2D eigenvalue weighted by Gasteiger charge is 2.13. The molecule has 1 aromatic heterocycles. The quantitative estimate of drug-likeness (QED) is 0.800. The molecule has 0 unspecified atom stereocenters. The summed E-state index contributed by atoms with van der Waals surface area (Å²) >= 11 is 5.75. The molecule has 4 heteroatoms. The van der Waals surface area contributed by atoms with Crippen LogP contribution in [0.2, 0.25) is 5.15 Å². The van der Waals surface area contributed by atoms with Gasteiger partial charge in [0.15, 0.2) is 0 Å². The van der Waals surface area contributed by atoms with E-state index in [1.165, 1.54) is 12.8 Å². The number of hydrogen-bond donors (Lipinski definition) is 1. The number of nitrogens with one attached hydrogen (secondary N) is 1. The minimum atomic E-state index is 0.478. The highest BCUT2D eigenvalue weighted by molar-refractivity contribution is 6.29. The summed E-state index contributed by atoms with van der Waals surface area (Å²) in [4.78, 5) is 4.06. The van der Waals surface area contributed by atoms with E-state index in [4.69, 9.17) is 16.3 Å². The molecule has 1 fully saturated rings. The van der Waals surface area contributed by atoms with Crippen LogP contribution in [-0.4, -0.2) is 24.2 Å². The normalized spacial score (nSPS) is 20.5. The predicted octanol–water partition coefficient (Wildman–Crippen LogP) is 2.26. The number of aromatic nitrogens is 1. The molecule has 1 aliphatic heterocycles. The van der Waals surface area contributed by atoms with Gasteiger partial charge >= 0.3 is 0 Å². The van der Waals surface area contributed by atoms with E-state index in [9.17, 15) is 0 Å². The molecule has 1 aromatic rings. The Kier molecular flexibility index (Phi) is 3.80. The summed E-state index contributed by atoms with van der Waals surface area (Å²) in [5.74, 6) is 0.612. The highest BCUT2D eigenvalue weighted by Crippen LogP contribution is 2.13. The van der Waals surface area contributed by atoms with Gasteiger partial charge in [-0.25, -0.2) is 4.98 Å². The molecular formula is C11H15ClN2O. The van der Waals surface area contributed by atoms with Crippen LogP contribution in [0.3, 0.4) is 0 Å². The van der Waals surface area contributed by atoms with Gasteiger partial charge in [0.1, 0.15) is 5.15 Å². The van der Waals surface area contributed by atoms with Crippen LogP contribution in [0.1, 0.15) is 19.3 Å². The largest absolute Gasteiger partial charge is 0.478 e. The minimum Gasteiger partial charge on any atom is -0.478 e. The first-order chi connectivity index (χ1) is 7.34. The molecular weight excluding hydrogens is 212 g/mol. The van der Waals surface area contributed by atoms with Gasteiger partial charge in [-0.2, -0.15) is 0 Å². The fourth-order valence-corrected chi connectivity index (χ4v) is 1.93. The summed E-state index contributed by atoms with van der Waals surface area (Å²) in [6.07, 6.45) is 3.57. The van der Waals surface area contributed by atoms with Crippen LogP contribution >= 0.6 is 11.6 Å². The van der Waals surface area contributed by atoms with Gasteiger partial charge in [0.05, 0.1) is 6.61 Å². The molecule has 2 heterocycles. The van der Waals surface area contributed by atoms with Crippen LogP contribution < -0.4 is 10.1 Å². The second kappa shape index (κ2) is 5.33. The molecule has 0 spiro atoms. The third-order valence-electron chi connectivity index (χ3n) is 2.57.